The molecule has 0 saturated carbocycles. The van der Waals surface area contributed by atoms with E-state index >= 15 is 0 Å². The summed E-state index contributed by atoms with van der Waals surface area (Å²) in [5.74, 6) is -0.915. The number of carboxylic acids is 1. The van der Waals surface area contributed by atoms with Crippen LogP contribution in [0.4, 0.5) is 0 Å². The van der Waals surface area contributed by atoms with E-state index in [9.17, 15) is 4.79 Å². The molecule has 3 nitrogen and oxygen atoms in total. The Bertz CT molecular complexity index is 451. The van der Waals surface area contributed by atoms with Crippen LogP contribution in [0.1, 0.15) is 10.4 Å². The van der Waals surface area contributed by atoms with Gasteiger partial charge < -0.3 is 5.11 Å². The highest BCUT2D eigenvalue weighted by atomic mass is 32.1. The van der Waals surface area contributed by atoms with E-state index in [0.29, 0.717) is 0 Å². The largest absolute Gasteiger partial charge is 0.478 e. The van der Waals surface area contributed by atoms with Crippen LogP contribution in [0.5, 0.6) is 0 Å². The summed E-state index contributed by atoms with van der Waals surface area (Å²) >= 11 is 1.35. The van der Waals surface area contributed by atoms with Crippen LogP contribution in [-0.4, -0.2) is 15.4 Å². The summed E-state index contributed by atoms with van der Waals surface area (Å²) in [4.78, 5) is 10.7. The van der Waals surface area contributed by atoms with Crippen molar-refractivity contribution in [2.24, 2.45) is 0 Å². The number of rotatable bonds is 2. The first-order chi connectivity index (χ1) is 6.77. The molecule has 2 aromatic rings. The van der Waals surface area contributed by atoms with Gasteiger partial charge in [0, 0.05) is 10.9 Å². The molecule has 1 N–H and O–H groups in total. The van der Waals surface area contributed by atoms with Crippen molar-refractivity contribution < 1.29 is 9.90 Å². The second-order valence-electron chi connectivity index (χ2n) is 2.77. The Balaban J connectivity index is 2.46. The molecular formula is C10H7NO2S. The maximum atomic E-state index is 10.7. The molecule has 0 bridgehead atoms. The number of carboxylic acid groups (broad SMARTS) is 1. The molecule has 0 unspecified atom stereocenters. The fourth-order valence-corrected chi connectivity index (χ4v) is 1.70. The minimum Gasteiger partial charge on any atom is -0.478 e. The van der Waals surface area contributed by atoms with Crippen LogP contribution >= 0.6 is 11.5 Å². The maximum Gasteiger partial charge on any atom is 0.335 e. The Morgan fingerprint density at radius 3 is 2.86 bits per heavy atom. The lowest BCUT2D eigenvalue weighted by atomic mass is 10.1. The van der Waals surface area contributed by atoms with Crippen molar-refractivity contribution >= 4 is 17.5 Å². The van der Waals surface area contributed by atoms with E-state index in [-0.39, 0.29) is 5.56 Å². The smallest absolute Gasteiger partial charge is 0.335 e. The van der Waals surface area contributed by atoms with Crippen molar-refractivity contribution in [1.82, 2.24) is 4.37 Å². The molecule has 0 aliphatic heterocycles. The molecule has 0 radical (unpaired) electrons. The van der Waals surface area contributed by atoms with Gasteiger partial charge in [0.05, 0.1) is 11.3 Å². The zero-order valence-corrected chi connectivity index (χ0v) is 7.99. The van der Waals surface area contributed by atoms with Gasteiger partial charge in [-0.25, -0.2) is 4.79 Å². The number of hydrogen-bond donors (Lipinski definition) is 1. The Hall–Kier alpha value is -1.68. The van der Waals surface area contributed by atoms with E-state index in [1.165, 1.54) is 11.5 Å². The Morgan fingerprint density at radius 2 is 2.21 bits per heavy atom. The van der Waals surface area contributed by atoms with E-state index in [0.717, 1.165) is 11.3 Å². The molecule has 2 rings (SSSR count). The van der Waals surface area contributed by atoms with E-state index in [4.69, 9.17) is 5.11 Å². The van der Waals surface area contributed by atoms with Crippen molar-refractivity contribution in [3.05, 3.63) is 41.3 Å². The maximum absolute atomic E-state index is 10.7. The molecule has 0 fully saturated rings. The highest BCUT2D eigenvalue weighted by Crippen LogP contribution is 2.19. The van der Waals surface area contributed by atoms with Crippen molar-refractivity contribution in [3.8, 4) is 11.3 Å². The first-order valence-electron chi connectivity index (χ1n) is 4.01. The summed E-state index contributed by atoms with van der Waals surface area (Å²) in [6.07, 6.45) is 0. The lowest BCUT2D eigenvalue weighted by Gasteiger charge is -1.98. The zero-order chi connectivity index (χ0) is 9.97. The van der Waals surface area contributed by atoms with Crippen molar-refractivity contribution in [1.29, 1.82) is 0 Å². The van der Waals surface area contributed by atoms with Crippen LogP contribution in [0.2, 0.25) is 0 Å². The van der Waals surface area contributed by atoms with Crippen LogP contribution in [0, 0.1) is 0 Å². The molecule has 0 saturated heterocycles. The van der Waals surface area contributed by atoms with Crippen LogP contribution in [-0.2, 0) is 0 Å². The highest BCUT2D eigenvalue weighted by Gasteiger charge is 2.05. The zero-order valence-electron chi connectivity index (χ0n) is 7.18. The lowest BCUT2D eigenvalue weighted by Crippen LogP contribution is -1.95. The van der Waals surface area contributed by atoms with Crippen molar-refractivity contribution in [2.75, 3.05) is 0 Å². The average Bonchev–Trinajstić information content (AvgIpc) is 2.71. The van der Waals surface area contributed by atoms with Gasteiger partial charge in [0.1, 0.15) is 0 Å². The number of aromatic carboxylic acids is 1. The molecule has 1 heterocycles. The number of benzene rings is 1. The van der Waals surface area contributed by atoms with Gasteiger partial charge in [-0.2, -0.15) is 4.37 Å². The summed E-state index contributed by atoms with van der Waals surface area (Å²) in [6.45, 7) is 0. The third-order valence-corrected chi connectivity index (χ3v) is 2.40. The summed E-state index contributed by atoms with van der Waals surface area (Å²) < 4.78 is 4.14. The van der Waals surface area contributed by atoms with Gasteiger partial charge in [-0.15, -0.1) is 0 Å². The number of carbonyl (C=O) groups is 1. The molecule has 1 aromatic heterocycles. The molecular weight excluding hydrogens is 198 g/mol. The third kappa shape index (κ3) is 1.65. The molecule has 0 aliphatic rings. The van der Waals surface area contributed by atoms with Gasteiger partial charge in [-0.1, -0.05) is 12.1 Å². The fourth-order valence-electron chi connectivity index (χ4n) is 1.17. The Kier molecular flexibility index (Phi) is 2.28. The van der Waals surface area contributed by atoms with Gasteiger partial charge in [0.15, 0.2) is 0 Å². The molecule has 0 atom stereocenters. The van der Waals surface area contributed by atoms with Crippen molar-refractivity contribution in [2.45, 2.75) is 0 Å². The van der Waals surface area contributed by atoms with Gasteiger partial charge in [0.2, 0.25) is 0 Å². The third-order valence-electron chi connectivity index (χ3n) is 1.84. The van der Waals surface area contributed by atoms with E-state index < -0.39 is 5.97 Å². The summed E-state index contributed by atoms with van der Waals surface area (Å²) in [6, 6.07) is 8.63. The van der Waals surface area contributed by atoms with Crippen molar-refractivity contribution in [3.63, 3.8) is 0 Å². The Morgan fingerprint density at radius 1 is 1.36 bits per heavy atom. The van der Waals surface area contributed by atoms with Gasteiger partial charge in [-0.3, -0.25) is 0 Å². The average molecular weight is 205 g/mol. The van der Waals surface area contributed by atoms with Crippen LogP contribution in [0.3, 0.4) is 0 Å². The van der Waals surface area contributed by atoms with Crippen LogP contribution in [0.25, 0.3) is 11.3 Å². The Labute approximate surface area is 84.8 Å². The quantitative estimate of drug-likeness (QED) is 0.819. The molecule has 14 heavy (non-hydrogen) atoms. The monoisotopic (exact) mass is 205 g/mol. The topological polar surface area (TPSA) is 50.2 Å². The molecule has 0 spiro atoms. The highest BCUT2D eigenvalue weighted by molar-refractivity contribution is 7.03. The van der Waals surface area contributed by atoms with Crippen LogP contribution < -0.4 is 0 Å². The molecule has 0 aliphatic carbocycles. The fraction of sp³-hybridized carbons (Fsp3) is 0. The minimum absolute atomic E-state index is 0.288. The predicted octanol–water partition coefficient (Wildman–Crippen LogP) is 2.51. The minimum atomic E-state index is -0.915. The SMILES string of the molecule is O=C(O)c1cccc(-c2ccsn2)c1. The summed E-state index contributed by atoms with van der Waals surface area (Å²) in [5.41, 5.74) is 1.94. The second kappa shape index (κ2) is 3.59. The number of nitrogens with zero attached hydrogens (tertiary/aromatic N) is 1. The predicted molar refractivity (Wildman–Crippen MR) is 54.5 cm³/mol. The van der Waals surface area contributed by atoms with Gasteiger partial charge in [-0.05, 0) is 29.7 Å². The summed E-state index contributed by atoms with van der Waals surface area (Å²) in [5, 5.41) is 10.7. The molecule has 4 heteroatoms. The molecule has 1 aromatic carbocycles. The lowest BCUT2D eigenvalue weighted by molar-refractivity contribution is 0.0697. The van der Waals surface area contributed by atoms with E-state index in [1.807, 2.05) is 17.5 Å². The standard InChI is InChI=1S/C10H7NO2S/c12-10(13)8-3-1-2-7(6-8)9-4-5-14-11-9/h1-6H,(H,12,13). The number of hydrogen-bond acceptors (Lipinski definition) is 3. The summed E-state index contributed by atoms with van der Waals surface area (Å²) in [7, 11) is 0. The van der Waals surface area contributed by atoms with Crippen LogP contribution in [0.15, 0.2) is 35.7 Å². The number of aromatic nitrogens is 1. The molecule has 70 valence electrons. The van der Waals surface area contributed by atoms with E-state index in [2.05, 4.69) is 4.37 Å². The first-order valence-corrected chi connectivity index (χ1v) is 4.85. The van der Waals surface area contributed by atoms with E-state index in [1.54, 1.807) is 18.2 Å². The first kappa shape index (κ1) is 8.90. The normalized spacial score (nSPS) is 10.0. The molecule has 0 amide bonds. The van der Waals surface area contributed by atoms with Gasteiger partial charge in [0.25, 0.3) is 0 Å². The second-order valence-corrected chi connectivity index (χ2v) is 3.44. The van der Waals surface area contributed by atoms with Gasteiger partial charge >= 0.3 is 5.97 Å².